The standard InChI is InChI=1S/C14H17Cl2N5OS/c1-2-3-4-5-21-9-18-20-14(21)23-8-12(22)19-13-11(16)6-10(15)7-17-13/h6-7,9H,2-5,8H2,1H3,(H,17,19,22). The number of aryl methyl sites for hydroxylation is 1. The van der Waals surface area contributed by atoms with Crippen LogP contribution < -0.4 is 5.32 Å². The quantitative estimate of drug-likeness (QED) is 0.560. The predicted octanol–water partition coefficient (Wildman–Crippen LogP) is 3.90. The number of rotatable bonds is 8. The van der Waals surface area contributed by atoms with Gasteiger partial charge in [0, 0.05) is 12.7 Å². The molecule has 0 unspecified atom stereocenters. The Bertz CT molecular complexity index is 664. The van der Waals surface area contributed by atoms with E-state index in [1.54, 1.807) is 6.33 Å². The predicted molar refractivity (Wildman–Crippen MR) is 93.2 cm³/mol. The van der Waals surface area contributed by atoms with Crippen molar-refractivity contribution in [2.45, 2.75) is 37.9 Å². The Balaban J connectivity index is 1.86. The molecule has 124 valence electrons. The zero-order valence-corrected chi connectivity index (χ0v) is 15.0. The lowest BCUT2D eigenvalue weighted by molar-refractivity contribution is -0.113. The third-order valence-electron chi connectivity index (χ3n) is 2.98. The van der Waals surface area contributed by atoms with Crippen LogP contribution in [-0.4, -0.2) is 31.4 Å². The lowest BCUT2D eigenvalue weighted by Crippen LogP contribution is -2.16. The molecule has 0 aromatic carbocycles. The summed E-state index contributed by atoms with van der Waals surface area (Å²) in [7, 11) is 0. The van der Waals surface area contributed by atoms with Gasteiger partial charge in [0.2, 0.25) is 5.91 Å². The molecule has 2 aromatic heterocycles. The van der Waals surface area contributed by atoms with E-state index in [-0.39, 0.29) is 11.7 Å². The maximum Gasteiger partial charge on any atom is 0.236 e. The summed E-state index contributed by atoms with van der Waals surface area (Å²) in [6.45, 7) is 3.01. The lowest BCUT2D eigenvalue weighted by atomic mass is 10.2. The van der Waals surface area contributed by atoms with Crippen molar-refractivity contribution in [3.05, 3.63) is 28.6 Å². The normalized spacial score (nSPS) is 10.7. The summed E-state index contributed by atoms with van der Waals surface area (Å²) in [4.78, 5) is 16.0. The SMILES string of the molecule is CCCCCn1cnnc1SCC(=O)Nc1ncc(Cl)cc1Cl. The van der Waals surface area contributed by atoms with Crippen molar-refractivity contribution in [1.82, 2.24) is 19.7 Å². The van der Waals surface area contributed by atoms with Crippen LogP contribution in [0.15, 0.2) is 23.7 Å². The average Bonchev–Trinajstić information content (AvgIpc) is 2.96. The molecule has 0 bridgehead atoms. The Hall–Kier alpha value is -1.31. The molecule has 0 aliphatic heterocycles. The zero-order chi connectivity index (χ0) is 16.7. The highest BCUT2D eigenvalue weighted by Gasteiger charge is 2.11. The first-order valence-electron chi connectivity index (χ1n) is 7.21. The first kappa shape index (κ1) is 18.0. The summed E-state index contributed by atoms with van der Waals surface area (Å²) >= 11 is 13.1. The number of unbranched alkanes of at least 4 members (excludes halogenated alkanes) is 2. The van der Waals surface area contributed by atoms with Crippen LogP contribution in [0.5, 0.6) is 0 Å². The Morgan fingerprint density at radius 3 is 2.96 bits per heavy atom. The van der Waals surface area contributed by atoms with E-state index in [1.165, 1.54) is 24.0 Å². The number of hydrogen-bond donors (Lipinski definition) is 1. The van der Waals surface area contributed by atoms with Crippen LogP contribution in [0.25, 0.3) is 0 Å². The van der Waals surface area contributed by atoms with Gasteiger partial charge < -0.3 is 9.88 Å². The summed E-state index contributed by atoms with van der Waals surface area (Å²) in [5, 5.41) is 12.0. The summed E-state index contributed by atoms with van der Waals surface area (Å²) in [5.74, 6) is 0.286. The fraction of sp³-hybridized carbons (Fsp3) is 0.429. The van der Waals surface area contributed by atoms with Gasteiger partial charge in [-0.3, -0.25) is 4.79 Å². The molecule has 0 radical (unpaired) electrons. The van der Waals surface area contributed by atoms with Gasteiger partial charge in [-0.25, -0.2) is 4.98 Å². The fourth-order valence-corrected chi connectivity index (χ4v) is 3.02. The number of anilines is 1. The number of nitrogens with one attached hydrogen (secondary N) is 1. The van der Waals surface area contributed by atoms with Crippen molar-refractivity contribution in [3.8, 4) is 0 Å². The molecule has 0 saturated carbocycles. The second-order valence-electron chi connectivity index (χ2n) is 4.83. The molecule has 0 saturated heterocycles. The van der Waals surface area contributed by atoms with E-state index in [2.05, 4.69) is 27.4 Å². The Morgan fingerprint density at radius 2 is 2.22 bits per heavy atom. The van der Waals surface area contributed by atoms with Crippen molar-refractivity contribution in [2.24, 2.45) is 0 Å². The molecular formula is C14H17Cl2N5OS. The molecule has 23 heavy (non-hydrogen) atoms. The van der Waals surface area contributed by atoms with Crippen molar-refractivity contribution in [2.75, 3.05) is 11.1 Å². The average molecular weight is 374 g/mol. The first-order valence-corrected chi connectivity index (χ1v) is 8.95. The van der Waals surface area contributed by atoms with Crippen LogP contribution in [-0.2, 0) is 11.3 Å². The molecule has 1 amide bonds. The van der Waals surface area contributed by atoms with Crippen molar-refractivity contribution in [3.63, 3.8) is 0 Å². The molecular weight excluding hydrogens is 357 g/mol. The third-order valence-corrected chi connectivity index (χ3v) is 4.46. The topological polar surface area (TPSA) is 72.7 Å². The zero-order valence-electron chi connectivity index (χ0n) is 12.6. The molecule has 0 spiro atoms. The molecule has 2 heterocycles. The number of halogens is 2. The van der Waals surface area contributed by atoms with E-state index in [0.717, 1.165) is 31.0 Å². The van der Waals surface area contributed by atoms with Gasteiger partial charge in [-0.15, -0.1) is 10.2 Å². The molecule has 2 aromatic rings. The number of thioether (sulfide) groups is 1. The number of aromatic nitrogens is 4. The largest absolute Gasteiger partial charge is 0.309 e. The van der Waals surface area contributed by atoms with Crippen LogP contribution in [0.4, 0.5) is 5.82 Å². The molecule has 2 rings (SSSR count). The number of carbonyl (C=O) groups excluding carboxylic acids is 1. The highest BCUT2D eigenvalue weighted by molar-refractivity contribution is 7.99. The monoisotopic (exact) mass is 373 g/mol. The van der Waals surface area contributed by atoms with Crippen molar-refractivity contribution in [1.29, 1.82) is 0 Å². The lowest BCUT2D eigenvalue weighted by Gasteiger charge is -2.07. The van der Waals surface area contributed by atoms with E-state index in [4.69, 9.17) is 23.2 Å². The van der Waals surface area contributed by atoms with E-state index >= 15 is 0 Å². The van der Waals surface area contributed by atoms with Gasteiger partial charge in [0.25, 0.3) is 0 Å². The van der Waals surface area contributed by atoms with E-state index in [0.29, 0.717) is 15.9 Å². The molecule has 0 fully saturated rings. The van der Waals surface area contributed by atoms with E-state index in [1.807, 2.05) is 4.57 Å². The minimum Gasteiger partial charge on any atom is -0.309 e. The number of carbonyl (C=O) groups is 1. The summed E-state index contributed by atoms with van der Waals surface area (Å²) in [5.41, 5.74) is 0. The Morgan fingerprint density at radius 1 is 1.39 bits per heavy atom. The molecule has 9 heteroatoms. The summed E-state index contributed by atoms with van der Waals surface area (Å²) < 4.78 is 1.96. The van der Waals surface area contributed by atoms with Crippen LogP contribution in [0.1, 0.15) is 26.2 Å². The van der Waals surface area contributed by atoms with Gasteiger partial charge in [0.15, 0.2) is 11.0 Å². The van der Waals surface area contributed by atoms with Gasteiger partial charge in [-0.1, -0.05) is 54.7 Å². The molecule has 0 atom stereocenters. The Labute approximate surface area is 149 Å². The van der Waals surface area contributed by atoms with E-state index < -0.39 is 0 Å². The van der Waals surface area contributed by atoms with Crippen LogP contribution >= 0.6 is 35.0 Å². The number of amides is 1. The van der Waals surface area contributed by atoms with Crippen molar-refractivity contribution >= 4 is 46.7 Å². The minimum absolute atomic E-state index is 0.201. The molecule has 0 aliphatic carbocycles. The van der Waals surface area contributed by atoms with Gasteiger partial charge in [-0.05, 0) is 12.5 Å². The highest BCUT2D eigenvalue weighted by Crippen LogP contribution is 2.23. The van der Waals surface area contributed by atoms with Crippen LogP contribution in [0.2, 0.25) is 10.0 Å². The number of hydrogen-bond acceptors (Lipinski definition) is 5. The van der Waals surface area contributed by atoms with Gasteiger partial charge in [-0.2, -0.15) is 0 Å². The number of nitrogens with zero attached hydrogens (tertiary/aromatic N) is 4. The maximum absolute atomic E-state index is 12.0. The van der Waals surface area contributed by atoms with Gasteiger partial charge in [0.05, 0.1) is 15.8 Å². The van der Waals surface area contributed by atoms with Gasteiger partial charge >= 0.3 is 0 Å². The van der Waals surface area contributed by atoms with Gasteiger partial charge in [0.1, 0.15) is 6.33 Å². The molecule has 1 N–H and O–H groups in total. The van der Waals surface area contributed by atoms with E-state index in [9.17, 15) is 4.79 Å². The smallest absolute Gasteiger partial charge is 0.236 e. The first-order chi connectivity index (χ1) is 11.1. The second kappa shape index (κ2) is 9.10. The molecule has 6 nitrogen and oxygen atoms in total. The maximum atomic E-state index is 12.0. The summed E-state index contributed by atoms with van der Waals surface area (Å²) in [6, 6.07) is 1.53. The highest BCUT2D eigenvalue weighted by atomic mass is 35.5. The second-order valence-corrected chi connectivity index (χ2v) is 6.62. The summed E-state index contributed by atoms with van der Waals surface area (Å²) in [6.07, 6.45) is 6.50. The van der Waals surface area contributed by atoms with Crippen LogP contribution in [0, 0.1) is 0 Å². The fourth-order valence-electron chi connectivity index (χ4n) is 1.85. The van der Waals surface area contributed by atoms with Crippen molar-refractivity contribution < 1.29 is 4.79 Å². The molecule has 0 aliphatic rings. The third kappa shape index (κ3) is 5.67. The van der Waals surface area contributed by atoms with Crippen LogP contribution in [0.3, 0.4) is 0 Å². The number of pyridine rings is 1. The Kier molecular flexibility index (Phi) is 7.14. The minimum atomic E-state index is -0.213.